The van der Waals surface area contributed by atoms with Crippen LogP contribution < -0.4 is 20.9 Å². The van der Waals surface area contributed by atoms with Gasteiger partial charge in [-0.25, -0.2) is 9.18 Å². The second kappa shape index (κ2) is 10.4. The minimum Gasteiger partial charge on any atom is -0.370 e. The molecule has 1 aliphatic heterocycles. The predicted molar refractivity (Wildman–Crippen MR) is 130 cm³/mol. The number of urea groups is 1. The van der Waals surface area contributed by atoms with Gasteiger partial charge < -0.3 is 20.9 Å². The number of para-hydroxylation sites is 1. The summed E-state index contributed by atoms with van der Waals surface area (Å²) in [5.74, 6) is -0.672. The van der Waals surface area contributed by atoms with Crippen LogP contribution in [0.3, 0.4) is 0 Å². The van der Waals surface area contributed by atoms with Gasteiger partial charge in [0, 0.05) is 25.2 Å². The highest BCUT2D eigenvalue weighted by Crippen LogP contribution is 2.30. The van der Waals surface area contributed by atoms with Crippen molar-refractivity contribution in [2.45, 2.75) is 19.4 Å². The molecular weight excluding hydrogens is 443 g/mol. The number of nitrogens with one attached hydrogen (secondary N) is 3. The van der Waals surface area contributed by atoms with Crippen molar-refractivity contribution >= 4 is 40.6 Å². The van der Waals surface area contributed by atoms with E-state index in [1.54, 1.807) is 48.5 Å². The second-order valence-corrected chi connectivity index (χ2v) is 8.20. The maximum atomic E-state index is 13.4. The summed E-state index contributed by atoms with van der Waals surface area (Å²) in [6.45, 7) is 1.96. The van der Waals surface area contributed by atoms with Gasteiger partial charge in [-0.3, -0.25) is 4.79 Å². The molecule has 3 amide bonds. The molecule has 33 heavy (non-hydrogen) atoms. The van der Waals surface area contributed by atoms with E-state index in [0.717, 1.165) is 31.6 Å². The first-order valence-electron chi connectivity index (χ1n) is 10.7. The predicted octanol–water partition coefficient (Wildman–Crippen LogP) is 5.65. The number of benzene rings is 3. The van der Waals surface area contributed by atoms with Gasteiger partial charge in [-0.2, -0.15) is 0 Å². The van der Waals surface area contributed by atoms with Crippen molar-refractivity contribution < 1.29 is 14.0 Å². The van der Waals surface area contributed by atoms with E-state index in [2.05, 4.69) is 20.9 Å². The van der Waals surface area contributed by atoms with Crippen LogP contribution in [0.2, 0.25) is 5.02 Å². The quantitative estimate of drug-likeness (QED) is 0.439. The Bertz CT molecular complexity index is 1160. The number of nitrogens with zero attached hydrogens (tertiary/aromatic N) is 1. The molecule has 4 rings (SSSR count). The first-order chi connectivity index (χ1) is 16.0. The molecule has 0 bridgehead atoms. The molecule has 1 saturated heterocycles. The molecule has 0 aliphatic carbocycles. The van der Waals surface area contributed by atoms with Crippen LogP contribution in [-0.4, -0.2) is 25.0 Å². The lowest BCUT2D eigenvalue weighted by Gasteiger charge is -2.22. The van der Waals surface area contributed by atoms with Crippen LogP contribution in [0.25, 0.3) is 0 Å². The minimum atomic E-state index is -0.458. The van der Waals surface area contributed by atoms with Crippen LogP contribution in [0.5, 0.6) is 0 Å². The number of carbonyl (C=O) groups excluding carboxylic acids is 2. The molecule has 1 fully saturated rings. The Balaban J connectivity index is 1.51. The zero-order valence-corrected chi connectivity index (χ0v) is 18.7. The Hall–Kier alpha value is -3.58. The topological polar surface area (TPSA) is 73.5 Å². The zero-order valence-electron chi connectivity index (χ0n) is 17.9. The summed E-state index contributed by atoms with van der Waals surface area (Å²) in [4.78, 5) is 27.6. The van der Waals surface area contributed by atoms with Gasteiger partial charge >= 0.3 is 6.03 Å². The highest BCUT2D eigenvalue weighted by Gasteiger charge is 2.19. The number of amides is 3. The van der Waals surface area contributed by atoms with E-state index >= 15 is 0 Å². The van der Waals surface area contributed by atoms with E-state index in [1.165, 1.54) is 12.1 Å². The SMILES string of the molecule is O=C(Nc1ccccc1Cl)Nc1cc(C(=O)NCc2cccc(F)c2)ccc1N1CCCC1. The number of hydrogen-bond donors (Lipinski definition) is 3. The fourth-order valence-electron chi connectivity index (χ4n) is 3.78. The molecule has 0 unspecified atom stereocenters. The number of carbonyl (C=O) groups is 2. The molecule has 1 aliphatic rings. The normalized spacial score (nSPS) is 13.0. The van der Waals surface area contributed by atoms with E-state index < -0.39 is 6.03 Å². The van der Waals surface area contributed by atoms with Crippen LogP contribution in [0.1, 0.15) is 28.8 Å². The summed E-state index contributed by atoms with van der Waals surface area (Å²) < 4.78 is 13.4. The minimum absolute atomic E-state index is 0.195. The zero-order chi connectivity index (χ0) is 23.2. The summed E-state index contributed by atoms with van der Waals surface area (Å²) >= 11 is 6.14. The van der Waals surface area contributed by atoms with Crippen molar-refractivity contribution in [2.75, 3.05) is 28.6 Å². The van der Waals surface area contributed by atoms with Gasteiger partial charge in [0.05, 0.1) is 22.1 Å². The molecule has 3 aromatic rings. The van der Waals surface area contributed by atoms with Gasteiger partial charge in [-0.05, 0) is 60.9 Å². The van der Waals surface area contributed by atoms with Crippen LogP contribution in [0.4, 0.5) is 26.2 Å². The lowest BCUT2D eigenvalue weighted by molar-refractivity contribution is 0.0951. The van der Waals surface area contributed by atoms with Crippen LogP contribution in [0.15, 0.2) is 66.7 Å². The van der Waals surface area contributed by atoms with Crippen molar-refractivity contribution in [3.05, 3.63) is 88.7 Å². The third-order valence-corrected chi connectivity index (χ3v) is 5.75. The largest absolute Gasteiger partial charge is 0.370 e. The summed E-state index contributed by atoms with van der Waals surface area (Å²) in [7, 11) is 0. The maximum Gasteiger partial charge on any atom is 0.323 e. The fourth-order valence-corrected chi connectivity index (χ4v) is 3.96. The van der Waals surface area contributed by atoms with E-state index in [1.807, 2.05) is 6.07 Å². The van der Waals surface area contributed by atoms with E-state index in [4.69, 9.17) is 11.6 Å². The lowest BCUT2D eigenvalue weighted by atomic mass is 10.1. The van der Waals surface area contributed by atoms with Crippen molar-refractivity contribution in [1.82, 2.24) is 5.32 Å². The monoisotopic (exact) mass is 466 g/mol. The van der Waals surface area contributed by atoms with Gasteiger partial charge in [-0.1, -0.05) is 35.9 Å². The second-order valence-electron chi connectivity index (χ2n) is 7.80. The summed E-state index contributed by atoms with van der Waals surface area (Å²) in [6, 6.07) is 17.8. The number of anilines is 3. The van der Waals surface area contributed by atoms with Crippen molar-refractivity contribution in [3.8, 4) is 0 Å². The Morgan fingerprint density at radius 2 is 1.67 bits per heavy atom. The summed E-state index contributed by atoms with van der Waals surface area (Å²) in [5, 5.41) is 8.82. The fraction of sp³-hybridized carbons (Fsp3) is 0.200. The standard InChI is InChI=1S/C25H24ClFN4O2/c26-20-8-1-2-9-21(20)29-25(33)30-22-15-18(10-11-23(22)31-12-3-4-13-31)24(32)28-16-17-6-5-7-19(27)14-17/h1-2,5-11,14-15H,3-4,12-13,16H2,(H,28,32)(H2,29,30,33). The van der Waals surface area contributed by atoms with E-state index in [0.29, 0.717) is 27.5 Å². The van der Waals surface area contributed by atoms with Crippen LogP contribution in [-0.2, 0) is 6.54 Å². The molecule has 0 saturated carbocycles. The van der Waals surface area contributed by atoms with Gasteiger partial charge in [0.25, 0.3) is 5.91 Å². The van der Waals surface area contributed by atoms with E-state index in [-0.39, 0.29) is 18.3 Å². The van der Waals surface area contributed by atoms with Gasteiger partial charge in [0.15, 0.2) is 0 Å². The van der Waals surface area contributed by atoms with Gasteiger partial charge in [0.2, 0.25) is 0 Å². The van der Waals surface area contributed by atoms with Gasteiger partial charge in [-0.15, -0.1) is 0 Å². The number of halogens is 2. The van der Waals surface area contributed by atoms with Gasteiger partial charge in [0.1, 0.15) is 5.82 Å². The highest BCUT2D eigenvalue weighted by molar-refractivity contribution is 6.33. The Labute approximate surface area is 196 Å². The third-order valence-electron chi connectivity index (χ3n) is 5.42. The van der Waals surface area contributed by atoms with Crippen molar-refractivity contribution in [2.24, 2.45) is 0 Å². The van der Waals surface area contributed by atoms with Crippen molar-refractivity contribution in [1.29, 1.82) is 0 Å². The van der Waals surface area contributed by atoms with Crippen LogP contribution >= 0.6 is 11.6 Å². The highest BCUT2D eigenvalue weighted by atomic mass is 35.5. The average molecular weight is 467 g/mol. The molecule has 0 spiro atoms. The molecule has 1 heterocycles. The Kier molecular flexibility index (Phi) is 7.10. The Morgan fingerprint density at radius 1 is 0.909 bits per heavy atom. The van der Waals surface area contributed by atoms with Crippen molar-refractivity contribution in [3.63, 3.8) is 0 Å². The van der Waals surface area contributed by atoms with Crippen LogP contribution in [0, 0.1) is 5.82 Å². The Morgan fingerprint density at radius 3 is 2.42 bits per heavy atom. The van der Waals surface area contributed by atoms with E-state index in [9.17, 15) is 14.0 Å². The smallest absolute Gasteiger partial charge is 0.323 e. The first-order valence-corrected chi connectivity index (χ1v) is 11.1. The number of rotatable bonds is 6. The molecule has 3 N–H and O–H groups in total. The summed E-state index contributed by atoms with van der Waals surface area (Å²) in [5.41, 5.74) is 2.92. The molecule has 6 nitrogen and oxygen atoms in total. The lowest BCUT2D eigenvalue weighted by Crippen LogP contribution is -2.26. The third kappa shape index (κ3) is 5.81. The molecule has 170 valence electrons. The molecule has 0 radical (unpaired) electrons. The molecular formula is C25H24ClFN4O2. The molecule has 3 aromatic carbocycles. The number of hydrogen-bond acceptors (Lipinski definition) is 3. The molecule has 0 aromatic heterocycles. The summed E-state index contributed by atoms with van der Waals surface area (Å²) in [6.07, 6.45) is 2.14. The maximum absolute atomic E-state index is 13.4. The molecule has 8 heteroatoms. The first kappa shape index (κ1) is 22.6. The molecule has 0 atom stereocenters. The average Bonchev–Trinajstić information content (AvgIpc) is 3.34.